The standard InChI is InChI=1S/C8H10N2O2/c1-10-3-5(2-9)8-7(10)6(11)4-12-8/h5,7-8H,3-4H2,1H3. The Morgan fingerprint density at radius 1 is 1.75 bits per heavy atom. The van der Waals surface area contributed by atoms with Gasteiger partial charge in [-0.05, 0) is 7.05 Å². The summed E-state index contributed by atoms with van der Waals surface area (Å²) in [6.45, 7) is 0.829. The Labute approximate surface area is 70.7 Å². The summed E-state index contributed by atoms with van der Waals surface area (Å²) in [7, 11) is 1.86. The van der Waals surface area contributed by atoms with Crippen molar-refractivity contribution in [3.8, 4) is 6.07 Å². The van der Waals surface area contributed by atoms with Gasteiger partial charge in [-0.3, -0.25) is 9.69 Å². The summed E-state index contributed by atoms with van der Waals surface area (Å²) in [4.78, 5) is 13.2. The maximum Gasteiger partial charge on any atom is 0.178 e. The van der Waals surface area contributed by atoms with Crippen LogP contribution >= 0.6 is 0 Å². The Hall–Kier alpha value is -0.920. The molecule has 2 aliphatic rings. The molecule has 0 radical (unpaired) electrons. The quantitative estimate of drug-likeness (QED) is 0.482. The molecule has 0 bridgehead atoms. The van der Waals surface area contributed by atoms with Crippen molar-refractivity contribution in [3.05, 3.63) is 0 Å². The minimum atomic E-state index is -0.174. The van der Waals surface area contributed by atoms with E-state index in [0.717, 1.165) is 0 Å². The van der Waals surface area contributed by atoms with Crippen molar-refractivity contribution in [2.45, 2.75) is 12.1 Å². The molecule has 2 heterocycles. The number of rotatable bonds is 0. The van der Waals surface area contributed by atoms with Crippen molar-refractivity contribution in [3.63, 3.8) is 0 Å². The number of ketones is 1. The summed E-state index contributed by atoms with van der Waals surface area (Å²) in [6.07, 6.45) is -0.174. The van der Waals surface area contributed by atoms with E-state index >= 15 is 0 Å². The van der Waals surface area contributed by atoms with Crippen LogP contribution in [0.5, 0.6) is 0 Å². The zero-order valence-corrected chi connectivity index (χ0v) is 6.86. The molecule has 2 aliphatic heterocycles. The van der Waals surface area contributed by atoms with Crippen molar-refractivity contribution in [1.82, 2.24) is 4.90 Å². The van der Waals surface area contributed by atoms with Gasteiger partial charge in [0.15, 0.2) is 5.78 Å². The number of nitrogens with zero attached hydrogens (tertiary/aromatic N) is 2. The molecule has 0 aromatic carbocycles. The van der Waals surface area contributed by atoms with E-state index in [0.29, 0.717) is 6.54 Å². The highest BCUT2D eigenvalue weighted by Crippen LogP contribution is 2.29. The van der Waals surface area contributed by atoms with Crippen LogP contribution in [-0.2, 0) is 9.53 Å². The molecule has 0 aromatic rings. The van der Waals surface area contributed by atoms with E-state index in [9.17, 15) is 4.79 Å². The maximum atomic E-state index is 11.3. The number of hydrogen-bond acceptors (Lipinski definition) is 4. The second-order valence-electron chi connectivity index (χ2n) is 3.36. The van der Waals surface area contributed by atoms with Crippen molar-refractivity contribution in [2.24, 2.45) is 5.92 Å². The lowest BCUT2D eigenvalue weighted by atomic mass is 10.0. The summed E-state index contributed by atoms with van der Waals surface area (Å²) in [5, 5.41) is 8.75. The van der Waals surface area contributed by atoms with Crippen molar-refractivity contribution >= 4 is 5.78 Å². The van der Waals surface area contributed by atoms with Gasteiger partial charge in [0.2, 0.25) is 0 Å². The van der Waals surface area contributed by atoms with Crippen LogP contribution in [0, 0.1) is 17.2 Å². The SMILES string of the molecule is CN1CC(C#N)C2OCC(=O)C21. The smallest absolute Gasteiger partial charge is 0.178 e. The van der Waals surface area contributed by atoms with Gasteiger partial charge in [-0.1, -0.05) is 0 Å². The molecule has 2 saturated heterocycles. The monoisotopic (exact) mass is 166 g/mol. The van der Waals surface area contributed by atoms with Gasteiger partial charge in [-0.15, -0.1) is 0 Å². The molecule has 0 aromatic heterocycles. The van der Waals surface area contributed by atoms with Crippen LogP contribution in [0.4, 0.5) is 0 Å². The highest BCUT2D eigenvalue weighted by atomic mass is 16.5. The largest absolute Gasteiger partial charge is 0.367 e. The molecule has 4 heteroatoms. The average Bonchev–Trinajstić information content (AvgIpc) is 2.55. The van der Waals surface area contributed by atoms with E-state index in [2.05, 4.69) is 6.07 Å². The molecule has 0 amide bonds. The topological polar surface area (TPSA) is 53.3 Å². The molecule has 12 heavy (non-hydrogen) atoms. The lowest BCUT2D eigenvalue weighted by Crippen LogP contribution is -2.34. The zero-order valence-electron chi connectivity index (χ0n) is 6.86. The first-order valence-electron chi connectivity index (χ1n) is 3.98. The molecule has 0 spiro atoms. The third-order valence-electron chi connectivity index (χ3n) is 2.58. The van der Waals surface area contributed by atoms with Gasteiger partial charge in [0, 0.05) is 6.54 Å². The molecule has 2 rings (SSSR count). The van der Waals surface area contributed by atoms with Gasteiger partial charge in [0.05, 0.1) is 24.1 Å². The molecule has 4 nitrogen and oxygen atoms in total. The fourth-order valence-corrected chi connectivity index (χ4v) is 2.01. The molecule has 3 atom stereocenters. The van der Waals surface area contributed by atoms with Crippen LogP contribution in [0.15, 0.2) is 0 Å². The molecule has 64 valence electrons. The number of fused-ring (bicyclic) bond motifs is 1. The summed E-state index contributed by atoms with van der Waals surface area (Å²) in [5.41, 5.74) is 0. The molecule has 2 fully saturated rings. The number of Topliss-reactive ketones (excluding diaryl/α,β-unsaturated/α-hetero) is 1. The lowest BCUT2D eigenvalue weighted by molar-refractivity contribution is -0.121. The summed E-state index contributed by atoms with van der Waals surface area (Å²) in [5.74, 6) is -0.0216. The van der Waals surface area contributed by atoms with Crippen molar-refractivity contribution in [2.75, 3.05) is 20.2 Å². The Balaban J connectivity index is 2.24. The average molecular weight is 166 g/mol. The van der Waals surface area contributed by atoms with Crippen LogP contribution in [-0.4, -0.2) is 43.0 Å². The van der Waals surface area contributed by atoms with Crippen LogP contribution in [0.25, 0.3) is 0 Å². The number of likely N-dealkylation sites (N-methyl/N-ethyl adjacent to an activating group) is 1. The van der Waals surface area contributed by atoms with E-state index in [1.165, 1.54) is 0 Å². The third kappa shape index (κ3) is 0.872. The number of carbonyl (C=O) groups excluding carboxylic acids is 1. The Morgan fingerprint density at radius 3 is 3.17 bits per heavy atom. The van der Waals surface area contributed by atoms with Crippen LogP contribution in [0.3, 0.4) is 0 Å². The number of carbonyl (C=O) groups is 1. The van der Waals surface area contributed by atoms with Crippen LogP contribution in [0.1, 0.15) is 0 Å². The second kappa shape index (κ2) is 2.54. The van der Waals surface area contributed by atoms with Crippen molar-refractivity contribution in [1.29, 1.82) is 5.26 Å². The van der Waals surface area contributed by atoms with E-state index in [-0.39, 0.29) is 30.5 Å². The van der Waals surface area contributed by atoms with E-state index < -0.39 is 0 Å². The predicted octanol–water partition coefficient (Wildman–Crippen LogP) is -0.592. The first kappa shape index (κ1) is 7.71. The summed E-state index contributed by atoms with van der Waals surface area (Å²) < 4.78 is 5.25. The van der Waals surface area contributed by atoms with Gasteiger partial charge in [0.1, 0.15) is 6.61 Å². The Kier molecular flexibility index (Phi) is 1.63. The third-order valence-corrected chi connectivity index (χ3v) is 2.58. The molecule has 0 saturated carbocycles. The molecular weight excluding hydrogens is 156 g/mol. The predicted molar refractivity (Wildman–Crippen MR) is 40.3 cm³/mol. The maximum absolute atomic E-state index is 11.3. The Morgan fingerprint density at radius 2 is 2.50 bits per heavy atom. The summed E-state index contributed by atoms with van der Waals surface area (Å²) >= 11 is 0. The van der Waals surface area contributed by atoms with Crippen molar-refractivity contribution < 1.29 is 9.53 Å². The van der Waals surface area contributed by atoms with E-state index in [1.807, 2.05) is 11.9 Å². The van der Waals surface area contributed by atoms with Gasteiger partial charge >= 0.3 is 0 Å². The van der Waals surface area contributed by atoms with Gasteiger partial charge in [0.25, 0.3) is 0 Å². The number of likely N-dealkylation sites (tertiary alicyclic amines) is 1. The molecular formula is C8H10N2O2. The highest BCUT2D eigenvalue weighted by Gasteiger charge is 2.49. The molecule has 0 N–H and O–H groups in total. The molecule has 0 aliphatic carbocycles. The van der Waals surface area contributed by atoms with Crippen LogP contribution in [0.2, 0.25) is 0 Å². The van der Waals surface area contributed by atoms with E-state index in [1.54, 1.807) is 0 Å². The molecule has 3 unspecified atom stereocenters. The lowest BCUT2D eigenvalue weighted by Gasteiger charge is -2.13. The highest BCUT2D eigenvalue weighted by molar-refractivity contribution is 5.88. The van der Waals surface area contributed by atoms with Crippen LogP contribution < -0.4 is 0 Å². The normalized spacial score (nSPS) is 41.3. The first-order valence-corrected chi connectivity index (χ1v) is 3.98. The van der Waals surface area contributed by atoms with Gasteiger partial charge in [-0.2, -0.15) is 5.26 Å². The minimum Gasteiger partial charge on any atom is -0.367 e. The van der Waals surface area contributed by atoms with Gasteiger partial charge < -0.3 is 4.74 Å². The first-order chi connectivity index (χ1) is 5.74. The second-order valence-corrected chi connectivity index (χ2v) is 3.36. The summed E-state index contributed by atoms with van der Waals surface area (Å²) in [6, 6.07) is 2.01. The van der Waals surface area contributed by atoms with Gasteiger partial charge in [-0.25, -0.2) is 0 Å². The number of ether oxygens (including phenoxy) is 1. The zero-order chi connectivity index (χ0) is 8.72. The number of nitriles is 1. The Bertz CT molecular complexity index is 258. The minimum absolute atomic E-state index is 0.111. The van der Waals surface area contributed by atoms with E-state index in [4.69, 9.17) is 10.00 Å². The number of hydrogen-bond donors (Lipinski definition) is 0. The fraction of sp³-hybridized carbons (Fsp3) is 0.750. The fourth-order valence-electron chi connectivity index (χ4n) is 2.01.